The standard InChI is InChI=1S/C18H28N2O4/c1-14-12-19(16(21)24-18(2,3)4)10-11-20(14)17(22)23-13-15-8-6-5-7-9-15/h6,8-9,14H,5,7,10-13H2,1-4H3/t14-/m0/s1. The third kappa shape index (κ3) is 5.28. The predicted octanol–water partition coefficient (Wildman–Crippen LogP) is 3.34. The van der Waals surface area contributed by atoms with E-state index in [4.69, 9.17) is 9.47 Å². The Hall–Kier alpha value is -1.98. The van der Waals surface area contributed by atoms with E-state index in [1.165, 1.54) is 0 Å². The van der Waals surface area contributed by atoms with E-state index in [9.17, 15) is 9.59 Å². The highest BCUT2D eigenvalue weighted by Gasteiger charge is 2.32. The Bertz CT molecular complexity index is 534. The lowest BCUT2D eigenvalue weighted by atomic mass is 10.1. The van der Waals surface area contributed by atoms with Crippen molar-refractivity contribution in [2.45, 2.75) is 52.2 Å². The molecule has 1 atom stereocenters. The SMILES string of the molecule is C[C@H]1CN(C(=O)OC(C)(C)C)CCN1C(=O)OCC1=CCCC=C1. The molecule has 6 nitrogen and oxygen atoms in total. The minimum Gasteiger partial charge on any atom is -0.445 e. The van der Waals surface area contributed by atoms with Crippen molar-refractivity contribution in [1.29, 1.82) is 0 Å². The number of ether oxygens (including phenoxy) is 2. The average molecular weight is 336 g/mol. The van der Waals surface area contributed by atoms with Crippen molar-refractivity contribution in [3.63, 3.8) is 0 Å². The highest BCUT2D eigenvalue weighted by Crippen LogP contribution is 2.16. The van der Waals surface area contributed by atoms with E-state index in [-0.39, 0.29) is 18.2 Å². The molecule has 1 fully saturated rings. The molecule has 1 heterocycles. The van der Waals surface area contributed by atoms with Crippen LogP contribution in [0.15, 0.2) is 23.8 Å². The molecule has 1 saturated heterocycles. The van der Waals surface area contributed by atoms with Crippen LogP contribution in [-0.2, 0) is 9.47 Å². The lowest BCUT2D eigenvalue weighted by Gasteiger charge is -2.39. The summed E-state index contributed by atoms with van der Waals surface area (Å²) in [7, 11) is 0. The van der Waals surface area contributed by atoms with E-state index >= 15 is 0 Å². The highest BCUT2D eigenvalue weighted by molar-refractivity contribution is 5.71. The van der Waals surface area contributed by atoms with Gasteiger partial charge in [-0.25, -0.2) is 9.59 Å². The molecule has 2 amide bonds. The van der Waals surface area contributed by atoms with Crippen LogP contribution in [0.3, 0.4) is 0 Å². The number of carbonyl (C=O) groups excluding carboxylic acids is 2. The van der Waals surface area contributed by atoms with Crippen LogP contribution in [0, 0.1) is 0 Å². The van der Waals surface area contributed by atoms with Crippen LogP contribution in [-0.4, -0.2) is 59.9 Å². The van der Waals surface area contributed by atoms with Gasteiger partial charge < -0.3 is 19.3 Å². The van der Waals surface area contributed by atoms with E-state index in [0.29, 0.717) is 26.2 Å². The number of hydrogen-bond acceptors (Lipinski definition) is 4. The quantitative estimate of drug-likeness (QED) is 0.776. The molecule has 2 rings (SSSR count). The molecule has 0 spiro atoms. The first kappa shape index (κ1) is 18.4. The zero-order chi connectivity index (χ0) is 17.7. The van der Waals surface area contributed by atoms with E-state index in [2.05, 4.69) is 12.2 Å². The van der Waals surface area contributed by atoms with Crippen molar-refractivity contribution in [3.8, 4) is 0 Å². The Morgan fingerprint density at radius 2 is 1.96 bits per heavy atom. The smallest absolute Gasteiger partial charge is 0.410 e. The van der Waals surface area contributed by atoms with E-state index in [1.54, 1.807) is 9.80 Å². The van der Waals surface area contributed by atoms with Gasteiger partial charge in [0.25, 0.3) is 0 Å². The molecule has 6 heteroatoms. The molecule has 1 aliphatic carbocycles. The van der Waals surface area contributed by atoms with E-state index in [1.807, 2.05) is 33.8 Å². The zero-order valence-corrected chi connectivity index (χ0v) is 15.1. The molecule has 0 radical (unpaired) electrons. The minimum atomic E-state index is -0.516. The molecule has 0 N–H and O–H groups in total. The summed E-state index contributed by atoms with van der Waals surface area (Å²) < 4.78 is 10.8. The van der Waals surface area contributed by atoms with Gasteiger partial charge in [0.15, 0.2) is 0 Å². The summed E-state index contributed by atoms with van der Waals surface area (Å²) >= 11 is 0. The lowest BCUT2D eigenvalue weighted by molar-refractivity contribution is 0.00473. The molecule has 134 valence electrons. The molecule has 0 aromatic carbocycles. The molecule has 0 bridgehead atoms. The summed E-state index contributed by atoms with van der Waals surface area (Å²) in [6.45, 7) is 9.10. The van der Waals surface area contributed by atoms with Gasteiger partial charge in [-0.1, -0.05) is 18.2 Å². The maximum Gasteiger partial charge on any atom is 0.410 e. The van der Waals surface area contributed by atoms with Crippen LogP contribution in [0.1, 0.15) is 40.5 Å². The molecule has 0 unspecified atom stereocenters. The maximum atomic E-state index is 12.3. The monoisotopic (exact) mass is 336 g/mol. The van der Waals surface area contributed by atoms with Gasteiger partial charge in [-0.15, -0.1) is 0 Å². The summed E-state index contributed by atoms with van der Waals surface area (Å²) in [5.74, 6) is 0. The number of piperazine rings is 1. The fourth-order valence-electron chi connectivity index (χ4n) is 2.72. The summed E-state index contributed by atoms with van der Waals surface area (Å²) in [5.41, 5.74) is 0.520. The second-order valence-corrected chi connectivity index (χ2v) is 7.28. The second-order valence-electron chi connectivity index (χ2n) is 7.28. The number of nitrogens with zero attached hydrogens (tertiary/aromatic N) is 2. The van der Waals surface area contributed by atoms with Gasteiger partial charge in [-0.3, -0.25) is 0 Å². The fraction of sp³-hybridized carbons (Fsp3) is 0.667. The van der Waals surface area contributed by atoms with Crippen molar-refractivity contribution in [1.82, 2.24) is 9.80 Å². The molecular weight excluding hydrogens is 308 g/mol. The first-order valence-electron chi connectivity index (χ1n) is 8.53. The van der Waals surface area contributed by atoms with Crippen LogP contribution >= 0.6 is 0 Å². The van der Waals surface area contributed by atoms with Gasteiger partial charge in [0.1, 0.15) is 12.2 Å². The third-order valence-corrected chi connectivity index (χ3v) is 3.95. The molecule has 1 aliphatic heterocycles. The summed E-state index contributed by atoms with van der Waals surface area (Å²) in [6.07, 6.45) is 7.56. The second kappa shape index (κ2) is 7.73. The van der Waals surface area contributed by atoms with Crippen molar-refractivity contribution in [2.24, 2.45) is 0 Å². The average Bonchev–Trinajstić information content (AvgIpc) is 2.52. The molecule has 2 aliphatic rings. The molecular formula is C18H28N2O4. The van der Waals surface area contributed by atoms with Crippen LogP contribution < -0.4 is 0 Å². The van der Waals surface area contributed by atoms with Crippen LogP contribution in [0.2, 0.25) is 0 Å². The maximum absolute atomic E-state index is 12.3. The van der Waals surface area contributed by atoms with Gasteiger partial charge >= 0.3 is 12.2 Å². The van der Waals surface area contributed by atoms with Crippen molar-refractivity contribution >= 4 is 12.2 Å². The minimum absolute atomic E-state index is 0.102. The van der Waals surface area contributed by atoms with Gasteiger partial charge in [0.05, 0.1) is 6.04 Å². The summed E-state index contributed by atoms with van der Waals surface area (Å²) in [4.78, 5) is 27.7. The normalized spacial score (nSPS) is 21.3. The highest BCUT2D eigenvalue weighted by atomic mass is 16.6. The van der Waals surface area contributed by atoms with Crippen LogP contribution in [0.4, 0.5) is 9.59 Å². The topological polar surface area (TPSA) is 59.1 Å². The largest absolute Gasteiger partial charge is 0.445 e. The Balaban J connectivity index is 1.82. The summed E-state index contributed by atoms with van der Waals surface area (Å²) in [5, 5.41) is 0. The zero-order valence-electron chi connectivity index (χ0n) is 15.1. The predicted molar refractivity (Wildman–Crippen MR) is 91.8 cm³/mol. The Labute approximate surface area is 144 Å². The Kier molecular flexibility index (Phi) is 5.91. The van der Waals surface area contributed by atoms with Gasteiger partial charge in [0.2, 0.25) is 0 Å². The first-order valence-corrected chi connectivity index (χ1v) is 8.53. The molecule has 24 heavy (non-hydrogen) atoms. The number of allylic oxidation sites excluding steroid dienone is 2. The van der Waals surface area contributed by atoms with Crippen molar-refractivity contribution in [3.05, 3.63) is 23.8 Å². The number of hydrogen-bond donors (Lipinski definition) is 0. The Morgan fingerprint density at radius 1 is 1.21 bits per heavy atom. The van der Waals surface area contributed by atoms with Crippen LogP contribution in [0.5, 0.6) is 0 Å². The summed E-state index contributed by atoms with van der Waals surface area (Å²) in [6, 6.07) is -0.102. The van der Waals surface area contributed by atoms with Gasteiger partial charge in [-0.2, -0.15) is 0 Å². The first-order chi connectivity index (χ1) is 11.3. The van der Waals surface area contributed by atoms with Crippen molar-refractivity contribution in [2.75, 3.05) is 26.2 Å². The van der Waals surface area contributed by atoms with Gasteiger partial charge in [-0.05, 0) is 46.1 Å². The molecule has 0 aromatic heterocycles. The van der Waals surface area contributed by atoms with E-state index in [0.717, 1.165) is 18.4 Å². The number of rotatable bonds is 2. The molecule has 0 aromatic rings. The van der Waals surface area contributed by atoms with Gasteiger partial charge in [0, 0.05) is 19.6 Å². The number of carbonyl (C=O) groups is 2. The molecule has 0 saturated carbocycles. The lowest BCUT2D eigenvalue weighted by Crippen LogP contribution is -2.56. The number of amides is 2. The Morgan fingerprint density at radius 3 is 2.54 bits per heavy atom. The van der Waals surface area contributed by atoms with E-state index < -0.39 is 5.60 Å². The fourth-order valence-corrected chi connectivity index (χ4v) is 2.72. The third-order valence-electron chi connectivity index (χ3n) is 3.95. The van der Waals surface area contributed by atoms with Crippen LogP contribution in [0.25, 0.3) is 0 Å². The van der Waals surface area contributed by atoms with Crippen molar-refractivity contribution < 1.29 is 19.1 Å².